The number of pyridine rings is 2. The Morgan fingerprint density at radius 1 is 1.31 bits per heavy atom. The molecule has 1 fully saturated rings. The Labute approximate surface area is 180 Å². The lowest BCUT2D eigenvalue weighted by molar-refractivity contribution is 0.0802. The first kappa shape index (κ1) is 21.9. The summed E-state index contributed by atoms with van der Waals surface area (Å²) < 4.78 is 72.9. The third-order valence-corrected chi connectivity index (χ3v) is 6.68. The lowest BCUT2D eigenvalue weighted by Gasteiger charge is -2.38. The number of halogens is 3. The molecule has 1 aliphatic heterocycles. The summed E-state index contributed by atoms with van der Waals surface area (Å²) in [5.74, 6) is -1.89. The Hall–Kier alpha value is -3.35. The van der Waals surface area contributed by atoms with E-state index < -0.39 is 40.1 Å². The predicted molar refractivity (Wildman–Crippen MR) is 105 cm³/mol. The van der Waals surface area contributed by atoms with Gasteiger partial charge in [-0.1, -0.05) is 0 Å². The molecule has 3 aromatic heterocycles. The monoisotopic (exact) mass is 470 g/mol. The molecule has 0 bridgehead atoms. The van der Waals surface area contributed by atoms with Crippen LogP contribution in [-0.2, 0) is 9.84 Å². The second-order valence-corrected chi connectivity index (χ2v) is 9.63. The molecule has 0 atom stereocenters. The molecule has 0 spiro atoms. The van der Waals surface area contributed by atoms with Crippen LogP contribution in [0.25, 0.3) is 5.52 Å². The molecule has 0 saturated carbocycles. The van der Waals surface area contributed by atoms with Gasteiger partial charge in [-0.25, -0.2) is 31.1 Å². The van der Waals surface area contributed by atoms with Gasteiger partial charge in [0.2, 0.25) is 0 Å². The Kier molecular flexibility index (Phi) is 5.44. The van der Waals surface area contributed by atoms with Crippen LogP contribution in [0.5, 0.6) is 17.4 Å². The SMILES string of the molecule is CC1(NC(=O)c2cc3cc(Oc4ncc(F)cc4OCC(F)F)ccn3n2)CS(=O)(=O)C1. The van der Waals surface area contributed by atoms with Crippen molar-refractivity contribution in [3.63, 3.8) is 0 Å². The second kappa shape index (κ2) is 7.97. The van der Waals surface area contributed by atoms with Crippen LogP contribution in [0.3, 0.4) is 0 Å². The van der Waals surface area contributed by atoms with E-state index in [1.54, 1.807) is 6.92 Å². The van der Waals surface area contributed by atoms with Gasteiger partial charge in [-0.2, -0.15) is 5.10 Å². The molecule has 0 unspecified atom stereocenters. The van der Waals surface area contributed by atoms with E-state index in [1.807, 2.05) is 0 Å². The number of aromatic nitrogens is 3. The van der Waals surface area contributed by atoms with Gasteiger partial charge in [-0.15, -0.1) is 0 Å². The van der Waals surface area contributed by atoms with E-state index in [2.05, 4.69) is 15.4 Å². The largest absolute Gasteiger partial charge is 0.482 e. The maximum absolute atomic E-state index is 13.4. The number of nitrogens with zero attached hydrogens (tertiary/aromatic N) is 3. The van der Waals surface area contributed by atoms with Crippen LogP contribution in [0.15, 0.2) is 36.7 Å². The van der Waals surface area contributed by atoms with Gasteiger partial charge in [0.05, 0.1) is 28.8 Å². The highest BCUT2D eigenvalue weighted by Crippen LogP contribution is 2.31. The average molecular weight is 470 g/mol. The van der Waals surface area contributed by atoms with E-state index in [-0.39, 0.29) is 34.6 Å². The maximum atomic E-state index is 13.4. The highest BCUT2D eigenvalue weighted by molar-refractivity contribution is 7.93. The number of ether oxygens (including phenoxy) is 2. The van der Waals surface area contributed by atoms with Gasteiger partial charge in [0, 0.05) is 18.3 Å². The zero-order valence-corrected chi connectivity index (χ0v) is 17.4. The van der Waals surface area contributed by atoms with Crippen LogP contribution in [0, 0.1) is 5.82 Å². The van der Waals surface area contributed by atoms with Gasteiger partial charge in [-0.05, 0) is 19.1 Å². The summed E-state index contributed by atoms with van der Waals surface area (Å²) in [5, 5.41) is 6.81. The summed E-state index contributed by atoms with van der Waals surface area (Å²) in [6, 6.07) is 5.32. The second-order valence-electron chi connectivity index (χ2n) is 7.57. The van der Waals surface area contributed by atoms with Crippen LogP contribution in [0.1, 0.15) is 17.4 Å². The summed E-state index contributed by atoms with van der Waals surface area (Å²) in [6.45, 7) is 0.679. The first-order chi connectivity index (χ1) is 15.0. The number of rotatable bonds is 7. The van der Waals surface area contributed by atoms with Crippen LogP contribution in [0.2, 0.25) is 0 Å². The molecule has 13 heteroatoms. The van der Waals surface area contributed by atoms with Crippen LogP contribution < -0.4 is 14.8 Å². The van der Waals surface area contributed by atoms with Crippen molar-refractivity contribution in [1.29, 1.82) is 0 Å². The lowest BCUT2D eigenvalue weighted by Crippen LogP contribution is -2.63. The molecule has 3 aromatic rings. The number of hydrogen-bond acceptors (Lipinski definition) is 7. The van der Waals surface area contributed by atoms with Gasteiger partial charge < -0.3 is 14.8 Å². The van der Waals surface area contributed by atoms with E-state index in [0.717, 1.165) is 12.3 Å². The average Bonchev–Trinajstić information content (AvgIpc) is 3.10. The fraction of sp³-hybridized carbons (Fsp3) is 0.316. The zero-order valence-electron chi connectivity index (χ0n) is 16.6. The summed E-state index contributed by atoms with van der Waals surface area (Å²) >= 11 is 0. The van der Waals surface area contributed by atoms with Gasteiger partial charge in [0.1, 0.15) is 18.2 Å². The summed E-state index contributed by atoms with van der Waals surface area (Å²) in [4.78, 5) is 16.2. The standard InChI is InChI=1S/C19H17F3N4O5S/c1-19(9-32(28,29)10-19)24-17(27)14-6-12-5-13(2-3-26(12)25-14)31-18-15(30-8-16(21)22)4-11(20)7-23-18/h2-7,16H,8-10H2,1H3,(H,24,27). The molecule has 1 amide bonds. The quantitative estimate of drug-likeness (QED) is 0.564. The van der Waals surface area contributed by atoms with Crippen LogP contribution in [-0.4, -0.2) is 59.0 Å². The van der Waals surface area contributed by atoms with Crippen LogP contribution >= 0.6 is 0 Å². The number of hydrogen-bond donors (Lipinski definition) is 1. The minimum absolute atomic E-state index is 0.0635. The maximum Gasteiger partial charge on any atom is 0.272 e. The summed E-state index contributed by atoms with van der Waals surface area (Å²) in [5.41, 5.74) is -0.326. The predicted octanol–water partition coefficient (Wildman–Crippen LogP) is 2.22. The molecule has 1 saturated heterocycles. The van der Waals surface area contributed by atoms with E-state index in [9.17, 15) is 26.4 Å². The molecule has 0 aromatic carbocycles. The van der Waals surface area contributed by atoms with E-state index >= 15 is 0 Å². The minimum Gasteiger partial charge on any atom is -0.482 e. The lowest BCUT2D eigenvalue weighted by atomic mass is 10.1. The molecule has 170 valence electrons. The molecule has 1 aliphatic rings. The smallest absolute Gasteiger partial charge is 0.272 e. The molecule has 32 heavy (non-hydrogen) atoms. The highest BCUT2D eigenvalue weighted by Gasteiger charge is 2.46. The van der Waals surface area contributed by atoms with Crippen molar-refractivity contribution in [2.75, 3.05) is 18.1 Å². The van der Waals surface area contributed by atoms with E-state index in [0.29, 0.717) is 5.52 Å². The normalized spacial score (nSPS) is 16.5. The van der Waals surface area contributed by atoms with Crippen molar-refractivity contribution in [1.82, 2.24) is 19.9 Å². The first-order valence-electron chi connectivity index (χ1n) is 9.29. The molecular weight excluding hydrogens is 453 g/mol. The van der Waals surface area contributed by atoms with Crippen LogP contribution in [0.4, 0.5) is 13.2 Å². The van der Waals surface area contributed by atoms with Crippen molar-refractivity contribution in [2.24, 2.45) is 0 Å². The number of carbonyl (C=O) groups is 1. The Balaban J connectivity index is 1.52. The van der Waals surface area contributed by atoms with E-state index in [4.69, 9.17) is 9.47 Å². The van der Waals surface area contributed by atoms with Crippen molar-refractivity contribution >= 4 is 21.3 Å². The Bertz CT molecular complexity index is 1280. The Morgan fingerprint density at radius 3 is 2.75 bits per heavy atom. The molecule has 9 nitrogen and oxygen atoms in total. The minimum atomic E-state index is -3.13. The number of alkyl halides is 2. The number of fused-ring (bicyclic) bond motifs is 1. The van der Waals surface area contributed by atoms with Crippen molar-refractivity contribution < 1.29 is 35.9 Å². The third-order valence-electron chi connectivity index (χ3n) is 4.52. The Morgan fingerprint density at radius 2 is 2.06 bits per heavy atom. The third kappa shape index (κ3) is 4.77. The number of nitrogens with one attached hydrogen (secondary N) is 1. The van der Waals surface area contributed by atoms with Crippen molar-refractivity contribution in [3.05, 3.63) is 48.2 Å². The van der Waals surface area contributed by atoms with Gasteiger partial charge in [0.25, 0.3) is 18.2 Å². The van der Waals surface area contributed by atoms with Gasteiger partial charge >= 0.3 is 0 Å². The molecular formula is C19H17F3N4O5S. The zero-order chi connectivity index (χ0) is 23.1. The van der Waals surface area contributed by atoms with E-state index in [1.165, 1.54) is 28.9 Å². The molecule has 1 N–H and O–H groups in total. The molecule has 4 rings (SSSR count). The fourth-order valence-electron chi connectivity index (χ4n) is 3.34. The molecule has 4 heterocycles. The fourth-order valence-corrected chi connectivity index (χ4v) is 5.34. The van der Waals surface area contributed by atoms with Gasteiger partial charge in [-0.3, -0.25) is 4.79 Å². The number of carbonyl (C=O) groups excluding carboxylic acids is 1. The number of sulfone groups is 1. The van der Waals surface area contributed by atoms with Crippen molar-refractivity contribution in [2.45, 2.75) is 18.9 Å². The molecule has 0 radical (unpaired) electrons. The highest BCUT2D eigenvalue weighted by atomic mass is 32.2. The summed E-state index contributed by atoms with van der Waals surface area (Å²) in [6.07, 6.45) is -0.424. The topological polar surface area (TPSA) is 112 Å². The van der Waals surface area contributed by atoms with Gasteiger partial charge in [0.15, 0.2) is 21.3 Å². The molecule has 0 aliphatic carbocycles. The van der Waals surface area contributed by atoms with Crippen molar-refractivity contribution in [3.8, 4) is 17.4 Å². The summed E-state index contributed by atoms with van der Waals surface area (Å²) in [7, 11) is -3.13. The first-order valence-corrected chi connectivity index (χ1v) is 11.1. The number of amides is 1.